The average Bonchev–Trinajstić information content (AvgIpc) is 3.12. The fraction of sp³-hybridized carbons (Fsp3) is 0.800. The van der Waals surface area contributed by atoms with E-state index in [4.69, 9.17) is 18.5 Å². The standard InChI is InChI=1S/C45H84NO7P/c1-6-8-10-12-14-16-18-20-22-24-26-28-30-32-34-36-38-45(47)53-44(43-52-54(48,49)51-41-39-46(3,4)5)42-50-40-37-35-33-31-29-27-25-23-21-19-17-15-13-11-9-7-2/h9,11,15,17,21,23,27,29,44H,6-8,10,12-14,16,18-20,22,24-26,28,30-43H2,1-5H3/b11-9-,17-15-,23-21-,29-27-. The second-order valence-corrected chi connectivity index (χ2v) is 17.1. The van der Waals surface area contributed by atoms with Gasteiger partial charge in [-0.1, -0.05) is 165 Å². The Morgan fingerprint density at radius 2 is 1.07 bits per heavy atom. The Balaban J connectivity index is 4.29. The molecule has 0 aliphatic rings. The van der Waals surface area contributed by atoms with Crippen molar-refractivity contribution in [2.24, 2.45) is 0 Å². The highest BCUT2D eigenvalue weighted by Gasteiger charge is 2.20. The maximum absolute atomic E-state index is 12.7. The van der Waals surface area contributed by atoms with E-state index in [9.17, 15) is 14.3 Å². The number of quaternary nitrogens is 1. The number of hydrogen-bond donors (Lipinski definition) is 0. The molecule has 0 aromatic carbocycles. The molecule has 54 heavy (non-hydrogen) atoms. The van der Waals surface area contributed by atoms with Crippen LogP contribution in [0.1, 0.15) is 174 Å². The minimum atomic E-state index is -4.53. The van der Waals surface area contributed by atoms with Gasteiger partial charge < -0.3 is 27.9 Å². The third-order valence-electron chi connectivity index (χ3n) is 9.14. The van der Waals surface area contributed by atoms with Crippen molar-refractivity contribution >= 4 is 13.8 Å². The summed E-state index contributed by atoms with van der Waals surface area (Å²) in [6, 6.07) is 0. The molecule has 2 atom stereocenters. The molecule has 0 N–H and O–H groups in total. The molecular formula is C45H84NO7P. The Morgan fingerprint density at radius 1 is 0.593 bits per heavy atom. The molecule has 0 aromatic rings. The van der Waals surface area contributed by atoms with Crippen molar-refractivity contribution < 1.29 is 37.3 Å². The number of carbonyl (C=O) groups excluding carboxylic acids is 1. The van der Waals surface area contributed by atoms with Crippen LogP contribution < -0.4 is 4.89 Å². The van der Waals surface area contributed by atoms with E-state index in [0.29, 0.717) is 24.1 Å². The Morgan fingerprint density at radius 3 is 1.59 bits per heavy atom. The van der Waals surface area contributed by atoms with Gasteiger partial charge in [0.25, 0.3) is 7.82 Å². The monoisotopic (exact) mass is 782 g/mol. The number of hydrogen-bond acceptors (Lipinski definition) is 7. The number of rotatable bonds is 40. The van der Waals surface area contributed by atoms with Gasteiger partial charge in [0.1, 0.15) is 19.3 Å². The number of nitrogens with zero attached hydrogens (tertiary/aromatic N) is 1. The zero-order valence-electron chi connectivity index (χ0n) is 35.7. The molecule has 8 nitrogen and oxygen atoms in total. The minimum absolute atomic E-state index is 0.0192. The van der Waals surface area contributed by atoms with E-state index in [2.05, 4.69) is 62.5 Å². The topological polar surface area (TPSA) is 94.1 Å². The highest BCUT2D eigenvalue weighted by atomic mass is 31.2. The van der Waals surface area contributed by atoms with E-state index < -0.39 is 13.9 Å². The molecule has 0 amide bonds. The van der Waals surface area contributed by atoms with Crippen molar-refractivity contribution in [3.05, 3.63) is 48.6 Å². The van der Waals surface area contributed by atoms with Crippen LogP contribution in [-0.2, 0) is 27.9 Å². The van der Waals surface area contributed by atoms with Gasteiger partial charge in [-0.05, 0) is 51.4 Å². The lowest BCUT2D eigenvalue weighted by molar-refractivity contribution is -0.870. The first-order chi connectivity index (χ1) is 26.1. The first-order valence-corrected chi connectivity index (χ1v) is 23.3. The fourth-order valence-electron chi connectivity index (χ4n) is 5.77. The summed E-state index contributed by atoms with van der Waals surface area (Å²) in [5.41, 5.74) is 0. The number of likely N-dealkylation sites (N-methyl/N-ethyl adjacent to an activating group) is 1. The largest absolute Gasteiger partial charge is 0.756 e. The minimum Gasteiger partial charge on any atom is -0.756 e. The lowest BCUT2D eigenvalue weighted by Crippen LogP contribution is -2.37. The fourth-order valence-corrected chi connectivity index (χ4v) is 6.50. The van der Waals surface area contributed by atoms with Gasteiger partial charge in [-0.15, -0.1) is 0 Å². The number of phosphoric ester groups is 1. The molecule has 0 aromatic heterocycles. The molecule has 0 bridgehead atoms. The molecule has 0 aliphatic carbocycles. The Labute approximate surface area is 333 Å². The van der Waals surface area contributed by atoms with Crippen LogP contribution in [0.3, 0.4) is 0 Å². The van der Waals surface area contributed by atoms with E-state index in [0.717, 1.165) is 70.6 Å². The average molecular weight is 782 g/mol. The predicted octanol–water partition coefficient (Wildman–Crippen LogP) is 12.1. The van der Waals surface area contributed by atoms with E-state index >= 15 is 0 Å². The normalized spacial score (nSPS) is 14.3. The number of ether oxygens (including phenoxy) is 2. The van der Waals surface area contributed by atoms with Crippen molar-refractivity contribution in [2.45, 2.75) is 180 Å². The zero-order valence-corrected chi connectivity index (χ0v) is 36.6. The molecule has 0 saturated heterocycles. The Hall–Kier alpha value is -1.54. The van der Waals surface area contributed by atoms with Gasteiger partial charge in [0.15, 0.2) is 0 Å². The summed E-state index contributed by atoms with van der Waals surface area (Å²) in [5, 5.41) is 0. The zero-order chi connectivity index (χ0) is 39.9. The quantitative estimate of drug-likeness (QED) is 0.0201. The van der Waals surface area contributed by atoms with Crippen LogP contribution in [0.4, 0.5) is 0 Å². The van der Waals surface area contributed by atoms with Crippen molar-refractivity contribution in [3.8, 4) is 0 Å². The van der Waals surface area contributed by atoms with Gasteiger partial charge in [-0.25, -0.2) is 0 Å². The molecule has 0 aliphatic heterocycles. The Kier molecular flexibility index (Phi) is 37.2. The smallest absolute Gasteiger partial charge is 0.306 e. The molecule has 316 valence electrons. The van der Waals surface area contributed by atoms with Crippen molar-refractivity contribution in [1.29, 1.82) is 0 Å². The third-order valence-corrected chi connectivity index (χ3v) is 10.1. The molecule has 0 spiro atoms. The van der Waals surface area contributed by atoms with Gasteiger partial charge in [0.05, 0.1) is 34.4 Å². The van der Waals surface area contributed by atoms with Crippen LogP contribution in [0.15, 0.2) is 48.6 Å². The van der Waals surface area contributed by atoms with Crippen molar-refractivity contribution in [2.75, 3.05) is 54.1 Å². The SMILES string of the molecule is CC/C=C\C/C=C\C/C=C\C/C=C\CCCCCOCC(COP(=O)([O-])OCC[N+](C)(C)C)OC(=O)CCCCCCCCCCCCCCCCCC. The highest BCUT2D eigenvalue weighted by molar-refractivity contribution is 7.45. The van der Waals surface area contributed by atoms with E-state index in [1.807, 2.05) is 21.1 Å². The molecule has 0 rings (SSSR count). The number of carbonyl (C=O) groups is 1. The van der Waals surface area contributed by atoms with Gasteiger partial charge in [0, 0.05) is 13.0 Å². The first kappa shape index (κ1) is 52.5. The molecule has 0 fully saturated rings. The molecule has 2 unspecified atom stereocenters. The maximum atomic E-state index is 12.7. The van der Waals surface area contributed by atoms with E-state index in [-0.39, 0.29) is 25.8 Å². The van der Waals surface area contributed by atoms with Crippen LogP contribution in [0, 0.1) is 0 Å². The second-order valence-electron chi connectivity index (χ2n) is 15.7. The summed E-state index contributed by atoms with van der Waals surface area (Å²) in [6.45, 7) is 5.22. The van der Waals surface area contributed by atoms with Crippen molar-refractivity contribution in [3.63, 3.8) is 0 Å². The van der Waals surface area contributed by atoms with Crippen LogP contribution in [0.25, 0.3) is 0 Å². The summed E-state index contributed by atoms with van der Waals surface area (Å²) in [6.07, 6.45) is 45.5. The van der Waals surface area contributed by atoms with Gasteiger partial charge in [0.2, 0.25) is 0 Å². The molecular weight excluding hydrogens is 697 g/mol. The lowest BCUT2D eigenvalue weighted by Gasteiger charge is -2.28. The van der Waals surface area contributed by atoms with Gasteiger partial charge in [-0.2, -0.15) is 0 Å². The number of allylic oxidation sites excluding steroid dienone is 8. The van der Waals surface area contributed by atoms with Crippen LogP contribution in [0.2, 0.25) is 0 Å². The molecule has 9 heteroatoms. The van der Waals surface area contributed by atoms with Gasteiger partial charge in [-0.3, -0.25) is 9.36 Å². The Bertz CT molecular complexity index is 1000. The van der Waals surface area contributed by atoms with Crippen LogP contribution in [-0.4, -0.2) is 70.7 Å². The number of unbranched alkanes of at least 4 members (excludes halogenated alkanes) is 18. The highest BCUT2D eigenvalue weighted by Crippen LogP contribution is 2.38. The van der Waals surface area contributed by atoms with Crippen LogP contribution in [0.5, 0.6) is 0 Å². The second kappa shape index (κ2) is 38.3. The maximum Gasteiger partial charge on any atom is 0.306 e. The summed E-state index contributed by atoms with van der Waals surface area (Å²) >= 11 is 0. The lowest BCUT2D eigenvalue weighted by atomic mass is 10.0. The number of phosphoric acid groups is 1. The summed E-state index contributed by atoms with van der Waals surface area (Å²) in [7, 11) is 1.33. The molecule has 0 heterocycles. The summed E-state index contributed by atoms with van der Waals surface area (Å²) in [5.74, 6) is -0.345. The molecule has 0 radical (unpaired) electrons. The number of esters is 1. The third kappa shape index (κ3) is 41.6. The first-order valence-electron chi connectivity index (χ1n) is 21.9. The van der Waals surface area contributed by atoms with Crippen molar-refractivity contribution in [1.82, 2.24) is 0 Å². The summed E-state index contributed by atoms with van der Waals surface area (Å²) < 4.78 is 34.5. The van der Waals surface area contributed by atoms with Crippen LogP contribution >= 0.6 is 7.82 Å². The van der Waals surface area contributed by atoms with E-state index in [1.165, 1.54) is 83.5 Å². The van der Waals surface area contributed by atoms with Gasteiger partial charge >= 0.3 is 5.97 Å². The summed E-state index contributed by atoms with van der Waals surface area (Å²) in [4.78, 5) is 25.0. The van der Waals surface area contributed by atoms with E-state index in [1.54, 1.807) is 0 Å². The molecule has 0 saturated carbocycles. The predicted molar refractivity (Wildman–Crippen MR) is 226 cm³/mol.